The lowest BCUT2D eigenvalue weighted by molar-refractivity contribution is -0.136. The summed E-state index contributed by atoms with van der Waals surface area (Å²) in [6, 6.07) is 4.52. The van der Waals surface area contributed by atoms with Gasteiger partial charge in [-0.05, 0) is 30.7 Å². The smallest absolute Gasteiger partial charge is 0.371 e. The number of rotatable bonds is 5. The Morgan fingerprint density at radius 3 is 2.71 bits per heavy atom. The first-order valence-corrected chi connectivity index (χ1v) is 5.03. The summed E-state index contributed by atoms with van der Waals surface area (Å²) in [5, 5.41) is 18.3. The van der Waals surface area contributed by atoms with Crippen molar-refractivity contribution in [3.05, 3.63) is 29.5 Å². The topological polar surface area (TPSA) is 76.0 Å². The fraction of sp³-hybridized carbons (Fsp3) is 0.250. The van der Waals surface area contributed by atoms with Crippen molar-refractivity contribution in [2.24, 2.45) is 0 Å². The third-order valence-corrected chi connectivity index (χ3v) is 2.01. The van der Waals surface area contributed by atoms with Crippen molar-refractivity contribution < 1.29 is 24.5 Å². The maximum Gasteiger partial charge on any atom is 0.371 e. The van der Waals surface area contributed by atoms with Gasteiger partial charge in [-0.15, -0.1) is 0 Å². The van der Waals surface area contributed by atoms with Crippen molar-refractivity contribution in [2.75, 3.05) is 13.7 Å². The van der Waals surface area contributed by atoms with E-state index in [0.717, 1.165) is 0 Å². The minimum Gasteiger partial charge on any atom is -0.504 e. The Morgan fingerprint density at radius 1 is 1.47 bits per heavy atom. The maximum absolute atomic E-state index is 10.8. The summed E-state index contributed by atoms with van der Waals surface area (Å²) in [6.07, 6.45) is 1.37. The fourth-order valence-corrected chi connectivity index (χ4v) is 1.26. The van der Waals surface area contributed by atoms with E-state index in [1.807, 2.05) is 0 Å². The molecule has 0 aliphatic carbocycles. The van der Waals surface area contributed by atoms with Gasteiger partial charge in [0.15, 0.2) is 11.5 Å². The lowest BCUT2D eigenvalue weighted by Crippen LogP contribution is -2.04. The summed E-state index contributed by atoms with van der Waals surface area (Å²) >= 11 is 0. The summed E-state index contributed by atoms with van der Waals surface area (Å²) in [5.74, 6) is -1.02. The van der Waals surface area contributed by atoms with Crippen molar-refractivity contribution in [3.63, 3.8) is 0 Å². The number of ether oxygens (including phenoxy) is 2. The van der Waals surface area contributed by atoms with Crippen molar-refractivity contribution in [1.82, 2.24) is 0 Å². The maximum atomic E-state index is 10.8. The number of aromatic hydroxyl groups is 1. The van der Waals surface area contributed by atoms with Gasteiger partial charge in [-0.2, -0.15) is 0 Å². The molecule has 0 bridgehead atoms. The van der Waals surface area contributed by atoms with E-state index in [1.165, 1.54) is 25.3 Å². The van der Waals surface area contributed by atoms with E-state index in [4.69, 9.17) is 14.6 Å². The Kier molecular flexibility index (Phi) is 4.39. The Hall–Kier alpha value is -2.17. The summed E-state index contributed by atoms with van der Waals surface area (Å²) in [5.41, 5.74) is 0.575. The zero-order valence-corrected chi connectivity index (χ0v) is 9.64. The molecule has 0 saturated heterocycles. The van der Waals surface area contributed by atoms with Gasteiger partial charge in [0.1, 0.15) is 0 Å². The zero-order valence-electron chi connectivity index (χ0n) is 9.64. The number of carboxylic acid groups (broad SMARTS) is 1. The first kappa shape index (κ1) is 12.9. The summed E-state index contributed by atoms with van der Waals surface area (Å²) in [6.45, 7) is 1.97. The van der Waals surface area contributed by atoms with Crippen LogP contribution in [0.4, 0.5) is 0 Å². The molecule has 17 heavy (non-hydrogen) atoms. The second-order valence-electron chi connectivity index (χ2n) is 3.18. The van der Waals surface area contributed by atoms with Crippen LogP contribution in [-0.2, 0) is 9.53 Å². The molecule has 1 rings (SSSR count). The molecule has 0 radical (unpaired) electrons. The number of hydrogen-bond donors (Lipinski definition) is 2. The molecule has 0 aromatic heterocycles. The Bertz CT molecular complexity index is 437. The number of methoxy groups -OCH3 is 1. The van der Waals surface area contributed by atoms with E-state index < -0.39 is 5.97 Å². The third kappa shape index (κ3) is 3.41. The molecule has 2 N–H and O–H groups in total. The molecular weight excluding hydrogens is 224 g/mol. The summed E-state index contributed by atoms with van der Waals surface area (Å²) < 4.78 is 9.89. The molecule has 0 aliphatic rings. The van der Waals surface area contributed by atoms with Crippen LogP contribution in [0.25, 0.3) is 6.08 Å². The molecule has 0 aliphatic heterocycles. The average Bonchev–Trinajstić information content (AvgIpc) is 2.30. The van der Waals surface area contributed by atoms with Crippen LogP contribution >= 0.6 is 0 Å². The van der Waals surface area contributed by atoms with E-state index in [1.54, 1.807) is 13.0 Å². The third-order valence-electron chi connectivity index (χ3n) is 2.01. The Labute approximate surface area is 98.9 Å². The molecule has 5 nitrogen and oxygen atoms in total. The summed E-state index contributed by atoms with van der Waals surface area (Å²) in [7, 11) is 1.42. The van der Waals surface area contributed by atoms with Crippen molar-refractivity contribution in [1.29, 1.82) is 0 Å². The van der Waals surface area contributed by atoms with Gasteiger partial charge in [0.2, 0.25) is 5.76 Å². The number of phenols is 1. The molecule has 0 saturated carbocycles. The highest BCUT2D eigenvalue weighted by atomic mass is 16.5. The lowest BCUT2D eigenvalue weighted by atomic mass is 10.2. The average molecular weight is 238 g/mol. The van der Waals surface area contributed by atoms with E-state index in [2.05, 4.69) is 0 Å². The molecule has 0 unspecified atom stereocenters. The van der Waals surface area contributed by atoms with Gasteiger partial charge in [0.25, 0.3) is 0 Å². The molecule has 1 aromatic rings. The predicted octanol–water partition coefficient (Wildman–Crippen LogP) is 1.86. The van der Waals surface area contributed by atoms with E-state index >= 15 is 0 Å². The van der Waals surface area contributed by atoms with Crippen LogP contribution in [0.1, 0.15) is 12.5 Å². The standard InChI is InChI=1S/C12H14O5/c1-3-17-11(12(14)15)7-8-4-5-9(13)10(6-8)16-2/h4-7,13H,3H2,1-2H3,(H,14,15)/b11-7-. The van der Waals surface area contributed by atoms with Crippen LogP contribution in [-0.4, -0.2) is 29.9 Å². The quantitative estimate of drug-likeness (QED) is 0.605. The van der Waals surface area contributed by atoms with Gasteiger partial charge in [0, 0.05) is 0 Å². The van der Waals surface area contributed by atoms with Crippen molar-refractivity contribution >= 4 is 12.0 Å². The van der Waals surface area contributed by atoms with Crippen LogP contribution in [0.3, 0.4) is 0 Å². The molecule has 0 heterocycles. The molecule has 1 aromatic carbocycles. The largest absolute Gasteiger partial charge is 0.504 e. The second-order valence-corrected chi connectivity index (χ2v) is 3.18. The monoisotopic (exact) mass is 238 g/mol. The van der Waals surface area contributed by atoms with E-state index in [9.17, 15) is 9.90 Å². The van der Waals surface area contributed by atoms with Crippen LogP contribution < -0.4 is 4.74 Å². The second kappa shape index (κ2) is 5.79. The van der Waals surface area contributed by atoms with Gasteiger partial charge in [0.05, 0.1) is 13.7 Å². The lowest BCUT2D eigenvalue weighted by Gasteiger charge is -2.06. The molecule has 0 amide bonds. The SMILES string of the molecule is CCO/C(=C\c1ccc(O)c(OC)c1)C(=O)O. The molecule has 0 spiro atoms. The molecule has 0 fully saturated rings. The zero-order chi connectivity index (χ0) is 12.8. The number of carbonyl (C=O) groups is 1. The van der Waals surface area contributed by atoms with E-state index in [-0.39, 0.29) is 23.9 Å². The van der Waals surface area contributed by atoms with E-state index in [0.29, 0.717) is 5.56 Å². The van der Waals surface area contributed by atoms with Crippen LogP contribution in [0.5, 0.6) is 11.5 Å². The Balaban J connectivity index is 3.06. The van der Waals surface area contributed by atoms with Crippen LogP contribution in [0, 0.1) is 0 Å². The molecule has 5 heteroatoms. The number of aliphatic carboxylic acids is 1. The molecular formula is C12H14O5. The molecule has 0 atom stereocenters. The fourth-order valence-electron chi connectivity index (χ4n) is 1.26. The first-order valence-electron chi connectivity index (χ1n) is 5.03. The van der Waals surface area contributed by atoms with Gasteiger partial charge < -0.3 is 19.7 Å². The first-order chi connectivity index (χ1) is 8.08. The number of phenolic OH excluding ortho intramolecular Hbond substituents is 1. The Morgan fingerprint density at radius 2 is 2.18 bits per heavy atom. The van der Waals surface area contributed by atoms with Crippen molar-refractivity contribution in [3.8, 4) is 11.5 Å². The number of carboxylic acids is 1. The van der Waals surface area contributed by atoms with Crippen LogP contribution in [0.2, 0.25) is 0 Å². The highest BCUT2D eigenvalue weighted by Gasteiger charge is 2.09. The van der Waals surface area contributed by atoms with Gasteiger partial charge >= 0.3 is 5.97 Å². The predicted molar refractivity (Wildman–Crippen MR) is 61.9 cm³/mol. The summed E-state index contributed by atoms with van der Waals surface area (Å²) in [4.78, 5) is 10.8. The highest BCUT2D eigenvalue weighted by Crippen LogP contribution is 2.27. The van der Waals surface area contributed by atoms with Gasteiger partial charge in [-0.1, -0.05) is 6.07 Å². The molecule has 92 valence electrons. The highest BCUT2D eigenvalue weighted by molar-refractivity contribution is 5.90. The normalized spacial score (nSPS) is 11.1. The van der Waals surface area contributed by atoms with Crippen molar-refractivity contribution in [2.45, 2.75) is 6.92 Å². The number of benzene rings is 1. The van der Waals surface area contributed by atoms with Gasteiger partial charge in [-0.25, -0.2) is 4.79 Å². The number of hydrogen-bond acceptors (Lipinski definition) is 4. The van der Waals surface area contributed by atoms with Gasteiger partial charge in [-0.3, -0.25) is 0 Å². The minimum absolute atomic E-state index is 0.00191. The van der Waals surface area contributed by atoms with Crippen LogP contribution in [0.15, 0.2) is 24.0 Å². The minimum atomic E-state index is -1.14.